The average molecular weight is 280 g/mol. The molecule has 0 heterocycles. The van der Waals surface area contributed by atoms with Crippen molar-refractivity contribution in [3.05, 3.63) is 29.6 Å². The summed E-state index contributed by atoms with van der Waals surface area (Å²) in [6.45, 7) is 4.37. The van der Waals surface area contributed by atoms with Crippen molar-refractivity contribution in [1.29, 1.82) is 0 Å². The molecule has 0 aliphatic heterocycles. The van der Waals surface area contributed by atoms with Gasteiger partial charge in [-0.05, 0) is 26.0 Å². The van der Waals surface area contributed by atoms with E-state index in [4.69, 9.17) is 14.6 Å². The van der Waals surface area contributed by atoms with Gasteiger partial charge >= 0.3 is 0 Å². The molecule has 0 spiro atoms. The second-order valence-corrected chi connectivity index (χ2v) is 5.01. The Kier molecular flexibility index (Phi) is 6.50. The Bertz CT molecular complexity index is 486. The summed E-state index contributed by atoms with van der Waals surface area (Å²) in [6.07, 6.45) is 1.07. The maximum atomic E-state index is 13.4. The average Bonchev–Trinajstić information content (AvgIpc) is 2.38. The lowest BCUT2D eigenvalue weighted by Gasteiger charge is -2.22. The van der Waals surface area contributed by atoms with Gasteiger partial charge in [0.05, 0.1) is 18.8 Å². The molecule has 20 heavy (non-hydrogen) atoms. The summed E-state index contributed by atoms with van der Waals surface area (Å²) in [5.74, 6) is 5.61. The van der Waals surface area contributed by atoms with E-state index in [0.717, 1.165) is 0 Å². The molecule has 1 aromatic carbocycles. The molecule has 0 aromatic heterocycles. The minimum absolute atomic E-state index is 0.00221. The fourth-order valence-corrected chi connectivity index (χ4v) is 1.46. The molecular formula is C16H21FO3. The van der Waals surface area contributed by atoms with Crippen LogP contribution in [0.25, 0.3) is 0 Å². The fraction of sp³-hybridized carbons (Fsp3) is 0.500. The van der Waals surface area contributed by atoms with Crippen molar-refractivity contribution in [3.63, 3.8) is 0 Å². The highest BCUT2D eigenvalue weighted by atomic mass is 19.1. The maximum Gasteiger partial charge on any atom is 0.128 e. The van der Waals surface area contributed by atoms with Gasteiger partial charge in [0.1, 0.15) is 11.6 Å². The summed E-state index contributed by atoms with van der Waals surface area (Å²) in [5.41, 5.74) is 0.274. The first-order valence-electron chi connectivity index (χ1n) is 6.55. The number of halogens is 1. The summed E-state index contributed by atoms with van der Waals surface area (Å²) < 4.78 is 24.3. The van der Waals surface area contributed by atoms with Gasteiger partial charge in [-0.15, -0.1) is 0 Å². The van der Waals surface area contributed by atoms with Gasteiger partial charge in [-0.25, -0.2) is 4.39 Å². The third kappa shape index (κ3) is 6.05. The number of ether oxygens (including phenoxy) is 2. The molecule has 0 fully saturated rings. The van der Waals surface area contributed by atoms with Gasteiger partial charge in [0.15, 0.2) is 0 Å². The Morgan fingerprint density at radius 1 is 1.30 bits per heavy atom. The second-order valence-electron chi connectivity index (χ2n) is 5.01. The smallest absolute Gasteiger partial charge is 0.128 e. The number of hydrogen-bond donors (Lipinski definition) is 1. The zero-order chi connectivity index (χ0) is 15.0. The van der Waals surface area contributed by atoms with Gasteiger partial charge in [0.25, 0.3) is 0 Å². The number of methoxy groups -OCH3 is 1. The van der Waals surface area contributed by atoms with Crippen molar-refractivity contribution < 1.29 is 19.0 Å². The van der Waals surface area contributed by atoms with E-state index in [-0.39, 0.29) is 18.0 Å². The van der Waals surface area contributed by atoms with E-state index in [9.17, 15) is 4.39 Å². The largest absolute Gasteiger partial charge is 0.493 e. The van der Waals surface area contributed by atoms with Crippen molar-refractivity contribution in [2.24, 2.45) is 0 Å². The Balaban J connectivity index is 2.65. The molecule has 0 atom stereocenters. The van der Waals surface area contributed by atoms with Gasteiger partial charge in [0.2, 0.25) is 0 Å². The van der Waals surface area contributed by atoms with Crippen LogP contribution in [0.3, 0.4) is 0 Å². The minimum atomic E-state index is -0.387. The highest BCUT2D eigenvalue weighted by Crippen LogP contribution is 2.18. The molecule has 3 nitrogen and oxygen atoms in total. The Hall–Kier alpha value is -1.57. The molecule has 0 saturated heterocycles. The highest BCUT2D eigenvalue weighted by Gasteiger charge is 2.16. The molecule has 0 aliphatic carbocycles. The SMILES string of the molecule is COC(C)(C)CCOc1cc(F)cc(C#CCCO)c1. The highest BCUT2D eigenvalue weighted by molar-refractivity contribution is 5.40. The number of aliphatic hydroxyl groups is 1. The Labute approximate surface area is 119 Å². The lowest BCUT2D eigenvalue weighted by molar-refractivity contribution is 0.00544. The zero-order valence-corrected chi connectivity index (χ0v) is 12.2. The van der Waals surface area contributed by atoms with Crippen LogP contribution in [0.15, 0.2) is 18.2 Å². The maximum absolute atomic E-state index is 13.4. The molecule has 0 unspecified atom stereocenters. The van der Waals surface area contributed by atoms with Crippen LogP contribution in [0.1, 0.15) is 32.3 Å². The molecular weight excluding hydrogens is 259 g/mol. The van der Waals surface area contributed by atoms with E-state index in [1.165, 1.54) is 12.1 Å². The molecule has 110 valence electrons. The van der Waals surface area contributed by atoms with E-state index in [1.54, 1.807) is 13.2 Å². The minimum Gasteiger partial charge on any atom is -0.493 e. The third-order valence-corrected chi connectivity index (χ3v) is 2.87. The summed E-state index contributed by atoms with van der Waals surface area (Å²) in [5, 5.41) is 8.66. The molecule has 0 amide bonds. The molecule has 4 heteroatoms. The van der Waals surface area contributed by atoms with E-state index in [0.29, 0.717) is 30.8 Å². The third-order valence-electron chi connectivity index (χ3n) is 2.87. The lowest BCUT2D eigenvalue weighted by Crippen LogP contribution is -2.25. The van der Waals surface area contributed by atoms with Crippen LogP contribution in [0, 0.1) is 17.7 Å². The van der Waals surface area contributed by atoms with Gasteiger partial charge in [-0.2, -0.15) is 0 Å². The molecule has 0 bridgehead atoms. The first-order valence-corrected chi connectivity index (χ1v) is 6.55. The number of benzene rings is 1. The van der Waals surface area contributed by atoms with Crippen molar-refractivity contribution >= 4 is 0 Å². The second kappa shape index (κ2) is 7.88. The summed E-state index contributed by atoms with van der Waals surface area (Å²) >= 11 is 0. The fourth-order valence-electron chi connectivity index (χ4n) is 1.46. The van der Waals surface area contributed by atoms with E-state index in [2.05, 4.69) is 11.8 Å². The number of aliphatic hydroxyl groups excluding tert-OH is 1. The predicted octanol–water partition coefficient (Wildman–Crippen LogP) is 2.75. The van der Waals surface area contributed by atoms with Crippen LogP contribution in [0.4, 0.5) is 4.39 Å². The van der Waals surface area contributed by atoms with Crippen LogP contribution in [-0.2, 0) is 4.74 Å². The van der Waals surface area contributed by atoms with Crippen LogP contribution in [0.2, 0.25) is 0 Å². The zero-order valence-electron chi connectivity index (χ0n) is 12.2. The van der Waals surface area contributed by atoms with Crippen molar-refractivity contribution in [3.8, 4) is 17.6 Å². The topological polar surface area (TPSA) is 38.7 Å². The molecule has 0 aliphatic rings. The lowest BCUT2D eigenvalue weighted by atomic mass is 10.1. The molecule has 0 saturated carbocycles. The number of hydrogen-bond acceptors (Lipinski definition) is 3. The first-order chi connectivity index (χ1) is 9.46. The van der Waals surface area contributed by atoms with Gasteiger partial charge < -0.3 is 14.6 Å². The standard InChI is InChI=1S/C16H21FO3/c1-16(2,19-3)7-9-20-15-11-13(6-4-5-8-18)10-14(17)12-15/h10-12,18H,5,7-9H2,1-3H3. The van der Waals surface area contributed by atoms with E-state index < -0.39 is 0 Å². The quantitative estimate of drug-likeness (QED) is 0.814. The molecule has 1 rings (SSSR count). The van der Waals surface area contributed by atoms with Crippen LogP contribution < -0.4 is 4.74 Å². The molecule has 1 aromatic rings. The first kappa shape index (κ1) is 16.5. The van der Waals surface area contributed by atoms with Crippen molar-refractivity contribution in [1.82, 2.24) is 0 Å². The Morgan fingerprint density at radius 2 is 2.05 bits per heavy atom. The molecule has 1 N–H and O–H groups in total. The van der Waals surface area contributed by atoms with Gasteiger partial charge in [-0.1, -0.05) is 11.8 Å². The predicted molar refractivity (Wildman–Crippen MR) is 76.2 cm³/mol. The van der Waals surface area contributed by atoms with E-state index in [1.807, 2.05) is 13.8 Å². The van der Waals surface area contributed by atoms with Crippen LogP contribution >= 0.6 is 0 Å². The summed E-state index contributed by atoms with van der Waals surface area (Å²) in [4.78, 5) is 0. The van der Waals surface area contributed by atoms with Crippen LogP contribution in [-0.4, -0.2) is 31.0 Å². The Morgan fingerprint density at radius 3 is 2.70 bits per heavy atom. The van der Waals surface area contributed by atoms with E-state index >= 15 is 0 Å². The van der Waals surface area contributed by atoms with Crippen molar-refractivity contribution in [2.75, 3.05) is 20.3 Å². The number of rotatable bonds is 6. The summed E-state index contributed by atoms with van der Waals surface area (Å²) in [7, 11) is 1.65. The summed E-state index contributed by atoms with van der Waals surface area (Å²) in [6, 6.07) is 4.36. The molecule has 0 radical (unpaired) electrons. The van der Waals surface area contributed by atoms with Gasteiger partial charge in [-0.3, -0.25) is 0 Å². The normalized spacial score (nSPS) is 10.8. The van der Waals surface area contributed by atoms with Crippen molar-refractivity contribution in [2.45, 2.75) is 32.3 Å². The van der Waals surface area contributed by atoms with Gasteiger partial charge in [0, 0.05) is 31.6 Å². The monoisotopic (exact) mass is 280 g/mol. The van der Waals surface area contributed by atoms with Crippen LogP contribution in [0.5, 0.6) is 5.75 Å².